The summed E-state index contributed by atoms with van der Waals surface area (Å²) in [5.74, 6) is -0.306. The zero-order valence-corrected chi connectivity index (χ0v) is 12.8. The van der Waals surface area contributed by atoms with Crippen LogP contribution in [-0.4, -0.2) is 30.4 Å². The minimum absolute atomic E-state index is 0.0947. The number of nitrogen functional groups attached to an aromatic ring is 1. The summed E-state index contributed by atoms with van der Waals surface area (Å²) < 4.78 is 13.5. The molecule has 0 aliphatic carbocycles. The minimum atomic E-state index is -0.401. The number of benzene rings is 1. The summed E-state index contributed by atoms with van der Waals surface area (Å²) in [5, 5.41) is 3.05. The lowest BCUT2D eigenvalue weighted by Gasteiger charge is -2.19. The van der Waals surface area contributed by atoms with E-state index in [0.717, 1.165) is 0 Å². The zero-order valence-electron chi connectivity index (χ0n) is 11.2. The Morgan fingerprint density at radius 3 is 2.63 bits per heavy atom. The van der Waals surface area contributed by atoms with Crippen molar-refractivity contribution in [1.82, 2.24) is 4.90 Å². The highest BCUT2D eigenvalue weighted by Crippen LogP contribution is 2.26. The molecule has 0 unspecified atom stereocenters. The summed E-state index contributed by atoms with van der Waals surface area (Å²) in [5.41, 5.74) is 6.66. The van der Waals surface area contributed by atoms with Gasteiger partial charge in [0.15, 0.2) is 0 Å². The van der Waals surface area contributed by atoms with Gasteiger partial charge in [-0.1, -0.05) is 0 Å². The third kappa shape index (κ3) is 4.38. The van der Waals surface area contributed by atoms with Crippen LogP contribution < -0.4 is 11.1 Å². The molecule has 0 heterocycles. The summed E-state index contributed by atoms with van der Waals surface area (Å²) in [6.45, 7) is 5.78. The van der Waals surface area contributed by atoms with Crippen molar-refractivity contribution in [3.05, 3.63) is 22.4 Å². The lowest BCUT2D eigenvalue weighted by molar-refractivity contribution is -0.130. The normalized spacial score (nSPS) is 10.3. The Hall–Kier alpha value is -1.30. The van der Waals surface area contributed by atoms with Gasteiger partial charge < -0.3 is 16.0 Å². The van der Waals surface area contributed by atoms with Gasteiger partial charge in [0.05, 0.1) is 15.8 Å². The number of nitrogens with zero attached hydrogens (tertiary/aromatic N) is 1. The number of anilines is 2. The van der Waals surface area contributed by atoms with Gasteiger partial charge in [0.25, 0.3) is 0 Å². The second-order valence-electron chi connectivity index (χ2n) is 4.10. The molecule has 0 aliphatic heterocycles. The second kappa shape index (κ2) is 7.33. The fraction of sp³-hybridized carbons (Fsp3) is 0.462. The van der Waals surface area contributed by atoms with Gasteiger partial charge in [0, 0.05) is 32.1 Å². The first-order chi connectivity index (χ1) is 8.99. The number of carbonyl (C=O) groups excluding carboxylic acids is 1. The first kappa shape index (κ1) is 15.8. The molecular weight excluding hydrogens is 313 g/mol. The minimum Gasteiger partial charge on any atom is -0.397 e. The van der Waals surface area contributed by atoms with E-state index in [1.807, 2.05) is 13.8 Å². The van der Waals surface area contributed by atoms with E-state index in [-0.39, 0.29) is 5.91 Å². The molecular formula is C13H19BrFN3O. The number of hydrogen-bond acceptors (Lipinski definition) is 3. The van der Waals surface area contributed by atoms with Crippen molar-refractivity contribution in [3.63, 3.8) is 0 Å². The Labute approximate surface area is 121 Å². The van der Waals surface area contributed by atoms with E-state index >= 15 is 0 Å². The Bertz CT molecular complexity index is 450. The third-order valence-corrected chi connectivity index (χ3v) is 3.47. The highest BCUT2D eigenvalue weighted by Gasteiger charge is 2.10. The summed E-state index contributed by atoms with van der Waals surface area (Å²) in [6.07, 6.45) is 0.385. The maximum absolute atomic E-state index is 13.2. The number of nitrogens with one attached hydrogen (secondary N) is 1. The van der Waals surface area contributed by atoms with Crippen LogP contribution in [0, 0.1) is 5.82 Å². The maximum atomic E-state index is 13.2. The molecule has 3 N–H and O–H groups in total. The molecule has 0 saturated heterocycles. The summed E-state index contributed by atoms with van der Waals surface area (Å²) in [6, 6.07) is 2.82. The van der Waals surface area contributed by atoms with Crippen LogP contribution in [0.2, 0.25) is 0 Å². The first-order valence-electron chi connectivity index (χ1n) is 6.25. The Balaban J connectivity index is 2.54. The van der Waals surface area contributed by atoms with E-state index in [2.05, 4.69) is 21.2 Å². The van der Waals surface area contributed by atoms with Crippen LogP contribution in [0.4, 0.5) is 15.8 Å². The second-order valence-corrected chi connectivity index (χ2v) is 4.95. The summed E-state index contributed by atoms with van der Waals surface area (Å²) >= 11 is 3.10. The Kier molecular flexibility index (Phi) is 6.08. The van der Waals surface area contributed by atoms with Crippen molar-refractivity contribution < 1.29 is 9.18 Å². The standard InChI is InChI=1S/C13H19BrFN3O/c1-3-18(4-2)13(19)5-6-17-12-7-9(14)10(15)8-11(12)16/h7-8,17H,3-6,16H2,1-2H3. The van der Waals surface area contributed by atoms with Crippen molar-refractivity contribution >= 4 is 33.2 Å². The topological polar surface area (TPSA) is 58.4 Å². The molecule has 1 rings (SSSR count). The van der Waals surface area contributed by atoms with Crippen molar-refractivity contribution in [1.29, 1.82) is 0 Å². The molecule has 0 atom stereocenters. The molecule has 1 aromatic carbocycles. The van der Waals surface area contributed by atoms with Crippen LogP contribution in [0.15, 0.2) is 16.6 Å². The van der Waals surface area contributed by atoms with Crippen molar-refractivity contribution in [2.24, 2.45) is 0 Å². The molecule has 0 fully saturated rings. The molecule has 106 valence electrons. The number of amides is 1. The highest BCUT2D eigenvalue weighted by molar-refractivity contribution is 9.10. The van der Waals surface area contributed by atoms with Crippen LogP contribution in [-0.2, 0) is 4.79 Å². The van der Waals surface area contributed by atoms with Gasteiger partial charge in [-0.15, -0.1) is 0 Å². The molecule has 0 aliphatic rings. The molecule has 6 heteroatoms. The average Bonchev–Trinajstić information content (AvgIpc) is 2.37. The van der Waals surface area contributed by atoms with Crippen molar-refractivity contribution in [2.45, 2.75) is 20.3 Å². The van der Waals surface area contributed by atoms with Crippen LogP contribution in [0.25, 0.3) is 0 Å². The van der Waals surface area contributed by atoms with Crippen molar-refractivity contribution in [2.75, 3.05) is 30.7 Å². The maximum Gasteiger partial charge on any atom is 0.224 e. The van der Waals surface area contributed by atoms with Crippen LogP contribution >= 0.6 is 15.9 Å². The largest absolute Gasteiger partial charge is 0.397 e. The zero-order chi connectivity index (χ0) is 14.4. The average molecular weight is 332 g/mol. The van der Waals surface area contributed by atoms with Crippen LogP contribution in [0.3, 0.4) is 0 Å². The number of hydrogen-bond donors (Lipinski definition) is 2. The fourth-order valence-electron chi connectivity index (χ4n) is 1.75. The van der Waals surface area contributed by atoms with Crippen LogP contribution in [0.5, 0.6) is 0 Å². The van der Waals surface area contributed by atoms with E-state index in [1.54, 1.807) is 11.0 Å². The van der Waals surface area contributed by atoms with Gasteiger partial charge in [-0.25, -0.2) is 4.39 Å². The van der Waals surface area contributed by atoms with Gasteiger partial charge >= 0.3 is 0 Å². The molecule has 1 aromatic rings. The predicted molar refractivity (Wildman–Crippen MR) is 79.5 cm³/mol. The SMILES string of the molecule is CCN(CC)C(=O)CCNc1cc(Br)c(F)cc1N. The van der Waals surface area contributed by atoms with E-state index in [4.69, 9.17) is 5.73 Å². The van der Waals surface area contributed by atoms with E-state index in [9.17, 15) is 9.18 Å². The van der Waals surface area contributed by atoms with E-state index < -0.39 is 5.82 Å². The molecule has 0 radical (unpaired) electrons. The van der Waals surface area contributed by atoms with E-state index in [0.29, 0.717) is 41.9 Å². The number of halogens is 2. The predicted octanol–water partition coefficient (Wildman–Crippen LogP) is 2.84. The number of nitrogens with two attached hydrogens (primary N) is 1. The molecule has 4 nitrogen and oxygen atoms in total. The van der Waals surface area contributed by atoms with Gasteiger partial charge in [-0.3, -0.25) is 4.79 Å². The molecule has 0 saturated carbocycles. The summed E-state index contributed by atoms with van der Waals surface area (Å²) in [7, 11) is 0. The quantitative estimate of drug-likeness (QED) is 0.788. The van der Waals surface area contributed by atoms with Gasteiger partial charge in [0.2, 0.25) is 5.91 Å². The smallest absolute Gasteiger partial charge is 0.224 e. The fourth-order valence-corrected chi connectivity index (χ4v) is 2.10. The molecule has 0 bridgehead atoms. The lowest BCUT2D eigenvalue weighted by atomic mass is 10.2. The number of carbonyl (C=O) groups is 1. The molecule has 0 spiro atoms. The van der Waals surface area contributed by atoms with Gasteiger partial charge in [-0.2, -0.15) is 0 Å². The Morgan fingerprint density at radius 2 is 2.05 bits per heavy atom. The molecule has 0 aromatic heterocycles. The van der Waals surface area contributed by atoms with Crippen molar-refractivity contribution in [3.8, 4) is 0 Å². The van der Waals surface area contributed by atoms with Crippen LogP contribution in [0.1, 0.15) is 20.3 Å². The van der Waals surface area contributed by atoms with Gasteiger partial charge in [0.1, 0.15) is 5.82 Å². The lowest BCUT2D eigenvalue weighted by Crippen LogP contribution is -2.31. The first-order valence-corrected chi connectivity index (χ1v) is 7.05. The van der Waals surface area contributed by atoms with Gasteiger partial charge in [-0.05, 0) is 35.8 Å². The molecule has 1 amide bonds. The number of rotatable bonds is 6. The third-order valence-electron chi connectivity index (χ3n) is 2.86. The Morgan fingerprint density at radius 1 is 1.42 bits per heavy atom. The summed E-state index contributed by atoms with van der Waals surface area (Å²) in [4.78, 5) is 13.6. The van der Waals surface area contributed by atoms with E-state index in [1.165, 1.54) is 6.07 Å². The highest BCUT2D eigenvalue weighted by atomic mass is 79.9. The monoisotopic (exact) mass is 331 g/mol. The molecule has 19 heavy (non-hydrogen) atoms.